The van der Waals surface area contributed by atoms with Gasteiger partial charge in [-0.1, -0.05) is 12.1 Å². The molecule has 0 fully saturated rings. The summed E-state index contributed by atoms with van der Waals surface area (Å²) in [5.41, 5.74) is 0.409. The predicted octanol–water partition coefficient (Wildman–Crippen LogP) is -0.193. The molecule has 8 heteroatoms. The highest BCUT2D eigenvalue weighted by Crippen LogP contribution is 2.22. The molecule has 0 unspecified atom stereocenters. The molecular weight excluding hydrogens is 228 g/mol. The van der Waals surface area contributed by atoms with Crippen LogP contribution < -0.4 is 14.8 Å². The number of hydrogen-bond acceptors (Lipinski definition) is 4. The molecule has 0 aliphatic heterocycles. The average Bonchev–Trinajstić information content (AvgIpc) is 2.14. The second-order valence-electron chi connectivity index (χ2n) is 2.79. The van der Waals surface area contributed by atoms with Gasteiger partial charge < -0.3 is 19.4 Å². The molecule has 0 aliphatic rings. The molecule has 0 aliphatic carbocycles. The third kappa shape index (κ3) is 5.01. The van der Waals surface area contributed by atoms with Crippen molar-refractivity contribution in [2.75, 3.05) is 0 Å². The normalized spacial score (nSPS) is 11.3. The van der Waals surface area contributed by atoms with Crippen LogP contribution in [0.1, 0.15) is 5.56 Å². The highest BCUT2D eigenvalue weighted by Gasteiger charge is 2.30. The van der Waals surface area contributed by atoms with Crippen LogP contribution in [0.4, 0.5) is 13.2 Å². The minimum atomic E-state index is -4.74. The fourth-order valence-corrected chi connectivity index (χ4v) is 0.952. The Labute approximate surface area is 89.4 Å². The lowest BCUT2D eigenvalue weighted by Gasteiger charge is -2.25. The summed E-state index contributed by atoms with van der Waals surface area (Å²) >= 11 is 0. The Morgan fingerprint density at radius 2 is 1.69 bits per heavy atom. The van der Waals surface area contributed by atoms with Gasteiger partial charge in [-0.05, 0) is 17.7 Å². The van der Waals surface area contributed by atoms with E-state index in [1.807, 2.05) is 0 Å². The lowest BCUT2D eigenvalue weighted by molar-refractivity contribution is -0.382. The van der Waals surface area contributed by atoms with Crippen LogP contribution in [-0.2, 0) is 11.3 Å². The fraction of sp³-hybridized carbons (Fsp3) is 0.250. The number of halogens is 3. The third-order valence-electron chi connectivity index (χ3n) is 1.54. The first-order chi connectivity index (χ1) is 7.37. The van der Waals surface area contributed by atoms with Crippen LogP contribution in [0.25, 0.3) is 0 Å². The molecule has 1 aromatic rings. The van der Waals surface area contributed by atoms with E-state index in [1.165, 1.54) is 12.1 Å². The fourth-order valence-electron chi connectivity index (χ4n) is 0.952. The number of rotatable bonds is 4. The first-order valence-electron chi connectivity index (χ1n) is 4.15. The zero-order chi connectivity index (χ0) is 12.2. The molecule has 4 nitrogen and oxygen atoms in total. The summed E-state index contributed by atoms with van der Waals surface area (Å²) in [5.74, 6) is -0.378. The molecule has 0 heterocycles. The van der Waals surface area contributed by atoms with Crippen LogP contribution in [-0.4, -0.2) is 13.7 Å². The molecule has 0 saturated heterocycles. The van der Waals surface area contributed by atoms with Crippen molar-refractivity contribution < 1.29 is 32.6 Å². The molecule has 1 aromatic carbocycles. The van der Waals surface area contributed by atoms with Crippen molar-refractivity contribution in [1.29, 1.82) is 0 Å². The molecule has 0 atom stereocenters. The van der Waals surface area contributed by atoms with Gasteiger partial charge in [0, 0.05) is 0 Å². The SMILES string of the molecule is [O-]B([O-])OCc1ccc(OC(F)(F)F)cc1. The maximum atomic E-state index is 11.8. The van der Waals surface area contributed by atoms with Gasteiger partial charge in [0.05, 0.1) is 13.9 Å². The van der Waals surface area contributed by atoms with Crippen LogP contribution in [0.15, 0.2) is 24.3 Å². The maximum absolute atomic E-state index is 11.8. The Balaban J connectivity index is 2.54. The first kappa shape index (κ1) is 12.8. The van der Waals surface area contributed by atoms with Crippen LogP contribution >= 0.6 is 0 Å². The molecule has 88 valence electrons. The van der Waals surface area contributed by atoms with Gasteiger partial charge in [0.1, 0.15) is 5.75 Å². The zero-order valence-corrected chi connectivity index (χ0v) is 7.86. The van der Waals surface area contributed by atoms with Gasteiger partial charge in [-0.2, -0.15) is 0 Å². The van der Waals surface area contributed by atoms with Gasteiger partial charge in [0.15, 0.2) is 0 Å². The van der Waals surface area contributed by atoms with E-state index in [0.29, 0.717) is 5.56 Å². The van der Waals surface area contributed by atoms with Gasteiger partial charge in [-0.15, -0.1) is 13.2 Å². The standard InChI is InChI=1S/C8H6BF3O4/c10-8(11,12)16-7-3-1-6(2-4-7)5-15-9(13)14/h1-4H,5H2/q-2. The Kier molecular flexibility index (Phi) is 4.16. The lowest BCUT2D eigenvalue weighted by atomic mass is 10.2. The van der Waals surface area contributed by atoms with Gasteiger partial charge in [0.2, 0.25) is 0 Å². The van der Waals surface area contributed by atoms with Gasteiger partial charge in [0.25, 0.3) is 0 Å². The van der Waals surface area contributed by atoms with Crippen molar-refractivity contribution in [3.05, 3.63) is 29.8 Å². The molecule has 1 rings (SSSR count). The minimum absolute atomic E-state index is 0.246. The van der Waals surface area contributed by atoms with Crippen molar-refractivity contribution in [1.82, 2.24) is 0 Å². The van der Waals surface area contributed by atoms with Crippen molar-refractivity contribution in [3.8, 4) is 5.75 Å². The summed E-state index contributed by atoms with van der Waals surface area (Å²) in [4.78, 5) is 0. The smallest absolute Gasteiger partial charge is 0.573 e. The summed E-state index contributed by atoms with van der Waals surface area (Å²) in [5, 5.41) is 20.0. The van der Waals surface area contributed by atoms with E-state index in [-0.39, 0.29) is 12.4 Å². The molecule has 0 saturated carbocycles. The van der Waals surface area contributed by atoms with Crippen molar-refractivity contribution >= 4 is 7.32 Å². The minimum Gasteiger partial charge on any atom is -0.871 e. The average molecular weight is 234 g/mol. The first-order valence-corrected chi connectivity index (χ1v) is 4.15. The Hall–Kier alpha value is -1.25. The molecule has 0 aromatic heterocycles. The molecule has 0 N–H and O–H groups in total. The maximum Gasteiger partial charge on any atom is 0.573 e. The molecular formula is C8H6BF3O4-2. The molecule has 0 bridgehead atoms. The summed E-state index contributed by atoms with van der Waals surface area (Å²) in [6.07, 6.45) is -4.74. The second-order valence-corrected chi connectivity index (χ2v) is 2.79. The van der Waals surface area contributed by atoms with Crippen molar-refractivity contribution in [2.45, 2.75) is 13.0 Å². The highest BCUT2D eigenvalue weighted by molar-refractivity contribution is 6.28. The van der Waals surface area contributed by atoms with Gasteiger partial charge in [-0.3, -0.25) is 0 Å². The zero-order valence-electron chi connectivity index (χ0n) is 7.86. The number of ether oxygens (including phenoxy) is 1. The van der Waals surface area contributed by atoms with Crippen LogP contribution in [0.3, 0.4) is 0 Å². The summed E-state index contributed by atoms with van der Waals surface area (Å²) in [6, 6.07) is 4.67. The Morgan fingerprint density at radius 3 is 2.12 bits per heavy atom. The van der Waals surface area contributed by atoms with Crippen LogP contribution in [0, 0.1) is 0 Å². The van der Waals surface area contributed by atoms with Gasteiger partial charge in [-0.25, -0.2) is 0 Å². The van der Waals surface area contributed by atoms with Crippen LogP contribution in [0.2, 0.25) is 0 Å². The topological polar surface area (TPSA) is 64.6 Å². The molecule has 16 heavy (non-hydrogen) atoms. The monoisotopic (exact) mass is 234 g/mol. The van der Waals surface area contributed by atoms with E-state index in [2.05, 4.69) is 9.39 Å². The third-order valence-corrected chi connectivity index (χ3v) is 1.54. The molecule has 0 radical (unpaired) electrons. The Morgan fingerprint density at radius 1 is 1.12 bits per heavy atom. The van der Waals surface area contributed by atoms with E-state index >= 15 is 0 Å². The van der Waals surface area contributed by atoms with E-state index in [4.69, 9.17) is 0 Å². The second kappa shape index (κ2) is 5.19. The Bertz CT molecular complexity index is 325. The summed E-state index contributed by atoms with van der Waals surface area (Å²) in [6.45, 7) is -0.246. The van der Waals surface area contributed by atoms with Crippen molar-refractivity contribution in [2.24, 2.45) is 0 Å². The number of alkyl halides is 3. The number of benzene rings is 1. The predicted molar refractivity (Wildman–Crippen MR) is 43.7 cm³/mol. The van der Waals surface area contributed by atoms with Gasteiger partial charge >= 0.3 is 6.36 Å². The van der Waals surface area contributed by atoms with E-state index in [0.717, 1.165) is 12.1 Å². The highest BCUT2D eigenvalue weighted by atomic mass is 19.4. The quantitative estimate of drug-likeness (QED) is 0.677. The number of hydrogen-bond donors (Lipinski definition) is 0. The van der Waals surface area contributed by atoms with Crippen LogP contribution in [0.5, 0.6) is 5.75 Å². The lowest BCUT2D eigenvalue weighted by Crippen LogP contribution is -2.47. The van der Waals surface area contributed by atoms with E-state index in [9.17, 15) is 23.2 Å². The summed E-state index contributed by atoms with van der Waals surface area (Å²) in [7, 11) is -2.41. The summed E-state index contributed by atoms with van der Waals surface area (Å²) < 4.78 is 43.1. The molecule has 0 spiro atoms. The molecule has 0 amide bonds. The van der Waals surface area contributed by atoms with E-state index < -0.39 is 13.7 Å². The van der Waals surface area contributed by atoms with Crippen molar-refractivity contribution in [3.63, 3.8) is 0 Å². The largest absolute Gasteiger partial charge is 0.871 e. The van der Waals surface area contributed by atoms with E-state index in [1.54, 1.807) is 0 Å².